The SMILES string of the molecule is CC1=CCC[C@@]2(C)O[C@@H]2C(=O)C2=C[C@H](O)[C@@H](C)[C@](C)(CC1)[C@@]2(C)O. The molecule has 4 nitrogen and oxygen atoms in total. The normalized spacial score (nSPS) is 49.3. The number of carbonyl (C=O) groups excluding carboxylic acids is 1. The van der Waals surface area contributed by atoms with Gasteiger partial charge in [-0.25, -0.2) is 0 Å². The van der Waals surface area contributed by atoms with Crippen LogP contribution >= 0.6 is 0 Å². The number of ether oxygens (including phenoxy) is 1. The number of hydrogen-bond donors (Lipinski definition) is 2. The van der Waals surface area contributed by atoms with Crippen molar-refractivity contribution in [1.29, 1.82) is 0 Å². The molecule has 0 aromatic rings. The number of rotatable bonds is 0. The van der Waals surface area contributed by atoms with Crippen molar-refractivity contribution in [2.75, 3.05) is 0 Å². The molecular weight excluding hydrogens is 304 g/mol. The third kappa shape index (κ3) is 2.51. The van der Waals surface area contributed by atoms with E-state index in [4.69, 9.17) is 4.74 Å². The molecule has 3 rings (SSSR count). The number of fused-ring (bicyclic) bond motifs is 3. The predicted octanol–water partition coefficient (Wildman–Crippen LogP) is 2.93. The molecular formula is C20H30O4. The Balaban J connectivity index is 2.08. The molecule has 1 fully saturated rings. The Morgan fingerprint density at radius 2 is 1.92 bits per heavy atom. The minimum atomic E-state index is -1.28. The molecule has 1 aliphatic heterocycles. The third-order valence-corrected chi connectivity index (χ3v) is 7.05. The minimum Gasteiger partial charge on any atom is -0.389 e. The summed E-state index contributed by atoms with van der Waals surface area (Å²) in [5.41, 5.74) is -0.695. The van der Waals surface area contributed by atoms with Crippen LogP contribution in [-0.4, -0.2) is 39.4 Å². The zero-order chi connectivity index (χ0) is 17.9. The number of aliphatic hydroxyl groups is 2. The summed E-state index contributed by atoms with van der Waals surface area (Å²) in [6.07, 6.45) is 5.82. The fourth-order valence-electron chi connectivity index (χ4n) is 4.46. The number of hydrogen-bond acceptors (Lipinski definition) is 4. The molecule has 24 heavy (non-hydrogen) atoms. The number of epoxide rings is 1. The van der Waals surface area contributed by atoms with Crippen LogP contribution in [0.15, 0.2) is 23.3 Å². The second-order valence-corrected chi connectivity index (χ2v) is 8.61. The van der Waals surface area contributed by atoms with E-state index < -0.39 is 28.8 Å². The average Bonchev–Trinajstić information content (AvgIpc) is 3.18. The lowest BCUT2D eigenvalue weighted by molar-refractivity contribution is -0.131. The highest BCUT2D eigenvalue weighted by atomic mass is 16.6. The summed E-state index contributed by atoms with van der Waals surface area (Å²) in [5, 5.41) is 21.9. The Hall–Kier alpha value is -0.970. The smallest absolute Gasteiger partial charge is 0.193 e. The lowest BCUT2D eigenvalue weighted by Crippen LogP contribution is -2.57. The minimum absolute atomic E-state index is 0.133. The van der Waals surface area contributed by atoms with Crippen molar-refractivity contribution >= 4 is 5.78 Å². The largest absolute Gasteiger partial charge is 0.389 e. The van der Waals surface area contributed by atoms with Crippen LogP contribution in [0.25, 0.3) is 0 Å². The van der Waals surface area contributed by atoms with E-state index in [1.165, 1.54) is 5.57 Å². The highest BCUT2D eigenvalue weighted by Crippen LogP contribution is 2.54. The van der Waals surface area contributed by atoms with Gasteiger partial charge < -0.3 is 14.9 Å². The second-order valence-electron chi connectivity index (χ2n) is 8.61. The summed E-state index contributed by atoms with van der Waals surface area (Å²) in [5.74, 6) is -0.299. The molecule has 2 N–H and O–H groups in total. The summed E-state index contributed by atoms with van der Waals surface area (Å²) in [7, 11) is 0. The van der Waals surface area contributed by atoms with Gasteiger partial charge in [-0.05, 0) is 58.4 Å². The van der Waals surface area contributed by atoms with E-state index in [1.54, 1.807) is 13.0 Å². The van der Waals surface area contributed by atoms with Gasteiger partial charge in [-0.3, -0.25) is 4.79 Å². The molecule has 0 aromatic heterocycles. The summed E-state index contributed by atoms with van der Waals surface area (Å²) in [6.45, 7) is 9.75. The van der Waals surface area contributed by atoms with Crippen LogP contribution in [0, 0.1) is 11.3 Å². The topological polar surface area (TPSA) is 70.1 Å². The zero-order valence-electron chi connectivity index (χ0n) is 15.4. The summed E-state index contributed by atoms with van der Waals surface area (Å²) < 4.78 is 5.73. The van der Waals surface area contributed by atoms with Crippen molar-refractivity contribution in [3.8, 4) is 0 Å². The Bertz CT molecular complexity index is 617. The van der Waals surface area contributed by atoms with Crippen molar-refractivity contribution < 1.29 is 19.7 Å². The maximum absolute atomic E-state index is 13.0. The average molecular weight is 334 g/mol. The zero-order valence-corrected chi connectivity index (χ0v) is 15.4. The molecule has 2 aliphatic carbocycles. The molecule has 1 saturated heterocycles. The number of carbonyl (C=O) groups is 1. The Labute approximate surface area is 144 Å². The first-order valence-corrected chi connectivity index (χ1v) is 9.03. The van der Waals surface area contributed by atoms with E-state index in [1.807, 2.05) is 20.8 Å². The summed E-state index contributed by atoms with van der Waals surface area (Å²) >= 11 is 0. The van der Waals surface area contributed by atoms with E-state index in [0.29, 0.717) is 5.57 Å². The molecule has 0 aromatic carbocycles. The van der Waals surface area contributed by atoms with Gasteiger partial charge in [-0.1, -0.05) is 25.5 Å². The van der Waals surface area contributed by atoms with Crippen LogP contribution in [0.4, 0.5) is 0 Å². The van der Waals surface area contributed by atoms with Gasteiger partial charge in [0, 0.05) is 11.0 Å². The van der Waals surface area contributed by atoms with Crippen molar-refractivity contribution in [2.45, 2.75) is 83.7 Å². The number of allylic oxidation sites excluding steroid dienone is 2. The third-order valence-electron chi connectivity index (χ3n) is 7.05. The molecule has 0 radical (unpaired) electrons. The maximum atomic E-state index is 13.0. The molecule has 4 heteroatoms. The quantitative estimate of drug-likeness (QED) is 0.528. The first-order chi connectivity index (χ1) is 11.0. The van der Waals surface area contributed by atoms with Crippen molar-refractivity contribution in [1.82, 2.24) is 0 Å². The standard InChI is InChI=1S/C20H30O4/c1-12-7-6-9-19(4)17(24-19)16(22)14-11-15(21)13(2)18(3,10-8-12)20(14,5)23/h7,11,13,15,17,21,23H,6,8-10H2,1-5H3/t13-,15+,17-,18+,19-,20+/m1/s1. The van der Waals surface area contributed by atoms with Gasteiger partial charge in [0.25, 0.3) is 0 Å². The van der Waals surface area contributed by atoms with Crippen molar-refractivity contribution in [2.24, 2.45) is 11.3 Å². The van der Waals surface area contributed by atoms with Gasteiger partial charge >= 0.3 is 0 Å². The van der Waals surface area contributed by atoms with Crippen molar-refractivity contribution in [3.63, 3.8) is 0 Å². The highest BCUT2D eigenvalue weighted by molar-refractivity contribution is 6.03. The van der Waals surface area contributed by atoms with Gasteiger partial charge in [0.2, 0.25) is 0 Å². The van der Waals surface area contributed by atoms with Crippen LogP contribution in [0.2, 0.25) is 0 Å². The second kappa shape index (κ2) is 5.52. The maximum Gasteiger partial charge on any atom is 0.193 e. The van der Waals surface area contributed by atoms with Crippen LogP contribution in [-0.2, 0) is 9.53 Å². The Kier molecular flexibility index (Phi) is 4.10. The monoisotopic (exact) mass is 334 g/mol. The lowest BCUT2D eigenvalue weighted by Gasteiger charge is -2.52. The molecule has 6 atom stereocenters. The molecule has 3 aliphatic rings. The Morgan fingerprint density at radius 1 is 1.25 bits per heavy atom. The van der Waals surface area contributed by atoms with Gasteiger partial charge in [0.1, 0.15) is 11.7 Å². The fraction of sp³-hybridized carbons (Fsp3) is 0.750. The summed E-state index contributed by atoms with van der Waals surface area (Å²) in [4.78, 5) is 13.0. The first-order valence-electron chi connectivity index (χ1n) is 9.03. The van der Waals surface area contributed by atoms with E-state index in [0.717, 1.165) is 25.7 Å². The van der Waals surface area contributed by atoms with Crippen molar-refractivity contribution in [3.05, 3.63) is 23.3 Å². The number of ketones is 1. The molecule has 0 amide bonds. The van der Waals surface area contributed by atoms with Gasteiger partial charge in [0.15, 0.2) is 5.78 Å². The fourth-order valence-corrected chi connectivity index (χ4v) is 4.46. The van der Waals surface area contributed by atoms with Gasteiger partial charge in [0.05, 0.1) is 11.7 Å². The number of Topliss-reactive ketones (excluding diaryl/α,β-unsaturated/α-hetero) is 1. The van der Waals surface area contributed by atoms with Crippen LogP contribution in [0.1, 0.15) is 60.3 Å². The molecule has 1 heterocycles. The molecule has 0 saturated carbocycles. The van der Waals surface area contributed by atoms with E-state index in [-0.39, 0.29) is 11.7 Å². The molecule has 2 bridgehead atoms. The van der Waals surface area contributed by atoms with E-state index in [2.05, 4.69) is 13.0 Å². The van der Waals surface area contributed by atoms with Gasteiger partial charge in [-0.15, -0.1) is 0 Å². The summed E-state index contributed by atoms with van der Waals surface area (Å²) in [6, 6.07) is 0. The first kappa shape index (κ1) is 17.8. The van der Waals surface area contributed by atoms with Crippen LogP contribution in [0.5, 0.6) is 0 Å². The van der Waals surface area contributed by atoms with E-state index in [9.17, 15) is 15.0 Å². The Morgan fingerprint density at radius 3 is 2.58 bits per heavy atom. The highest BCUT2D eigenvalue weighted by Gasteiger charge is 2.62. The van der Waals surface area contributed by atoms with E-state index >= 15 is 0 Å². The molecule has 0 unspecified atom stereocenters. The van der Waals surface area contributed by atoms with Crippen LogP contribution < -0.4 is 0 Å². The molecule has 134 valence electrons. The number of aliphatic hydroxyl groups excluding tert-OH is 1. The lowest BCUT2D eigenvalue weighted by atomic mass is 9.55. The molecule has 0 spiro atoms. The van der Waals surface area contributed by atoms with Crippen LogP contribution in [0.3, 0.4) is 0 Å². The predicted molar refractivity (Wildman–Crippen MR) is 92.5 cm³/mol. The van der Waals surface area contributed by atoms with Gasteiger partial charge in [-0.2, -0.15) is 0 Å².